The lowest BCUT2D eigenvalue weighted by Gasteiger charge is -2.22. The zero-order valence-corrected chi connectivity index (χ0v) is 18.7. The third-order valence-corrected chi connectivity index (χ3v) is 4.56. The van der Waals surface area contributed by atoms with E-state index in [0.717, 1.165) is 44.1 Å². The number of hydrogen-bond donors (Lipinski definition) is 4. The highest BCUT2D eigenvalue weighted by Crippen LogP contribution is 2.27. The molecular weight excluding hydrogens is 445 g/mol. The molecule has 0 saturated carbocycles. The zero-order valence-electron chi connectivity index (χ0n) is 18.7. The van der Waals surface area contributed by atoms with Crippen LogP contribution in [0.5, 0.6) is 5.75 Å². The molecule has 0 spiro atoms. The maximum Gasteiger partial charge on any atom is 0.573 e. The maximum atomic E-state index is 12.6. The van der Waals surface area contributed by atoms with E-state index in [9.17, 15) is 27.6 Å². The topological polar surface area (TPSA) is 118 Å². The SMILES string of the molecule is CC(C)(C)OC(=O)Nc1ccc(OC(F)(F)F)cc1C(=O)NCC(=O)NCC1CCNCC1. The van der Waals surface area contributed by atoms with Crippen LogP contribution in [-0.4, -0.2) is 56.1 Å². The Morgan fingerprint density at radius 2 is 1.76 bits per heavy atom. The highest BCUT2D eigenvalue weighted by Gasteiger charge is 2.32. The summed E-state index contributed by atoms with van der Waals surface area (Å²) >= 11 is 0. The van der Waals surface area contributed by atoms with E-state index in [4.69, 9.17) is 4.74 Å². The number of halogens is 3. The Balaban J connectivity index is 2.05. The van der Waals surface area contributed by atoms with Crippen molar-refractivity contribution in [1.29, 1.82) is 0 Å². The molecule has 0 aromatic heterocycles. The predicted octanol–water partition coefficient (Wildman–Crippen LogP) is 2.78. The van der Waals surface area contributed by atoms with Gasteiger partial charge >= 0.3 is 12.5 Å². The second-order valence-corrected chi connectivity index (χ2v) is 8.56. The Kier molecular flexibility index (Phi) is 8.91. The predicted molar refractivity (Wildman–Crippen MR) is 114 cm³/mol. The van der Waals surface area contributed by atoms with Crippen molar-refractivity contribution >= 4 is 23.6 Å². The molecule has 1 aromatic rings. The number of anilines is 1. The van der Waals surface area contributed by atoms with Crippen LogP contribution in [0.25, 0.3) is 0 Å². The first-order valence-electron chi connectivity index (χ1n) is 10.5. The maximum absolute atomic E-state index is 12.6. The molecule has 1 aromatic carbocycles. The first kappa shape index (κ1) is 26.2. The molecule has 0 unspecified atom stereocenters. The molecule has 0 atom stereocenters. The van der Waals surface area contributed by atoms with Gasteiger partial charge in [-0.1, -0.05) is 0 Å². The Morgan fingerprint density at radius 3 is 2.36 bits per heavy atom. The third kappa shape index (κ3) is 9.98. The molecule has 9 nitrogen and oxygen atoms in total. The molecule has 184 valence electrons. The van der Waals surface area contributed by atoms with Crippen LogP contribution in [0.4, 0.5) is 23.7 Å². The number of piperidine rings is 1. The average Bonchev–Trinajstić information content (AvgIpc) is 2.70. The summed E-state index contributed by atoms with van der Waals surface area (Å²) in [5, 5.41) is 10.6. The first-order chi connectivity index (χ1) is 15.3. The highest BCUT2D eigenvalue weighted by atomic mass is 19.4. The Morgan fingerprint density at radius 1 is 1.09 bits per heavy atom. The van der Waals surface area contributed by atoms with Gasteiger partial charge in [0.05, 0.1) is 17.8 Å². The Labute approximate surface area is 189 Å². The largest absolute Gasteiger partial charge is 0.573 e. The summed E-state index contributed by atoms with van der Waals surface area (Å²) in [5.74, 6) is -1.62. The summed E-state index contributed by atoms with van der Waals surface area (Å²) in [7, 11) is 0. The van der Waals surface area contributed by atoms with Crippen molar-refractivity contribution in [3.8, 4) is 5.75 Å². The van der Waals surface area contributed by atoms with Gasteiger partial charge in [-0.25, -0.2) is 4.79 Å². The molecule has 12 heteroatoms. The Hall–Kier alpha value is -3.02. The van der Waals surface area contributed by atoms with E-state index in [1.165, 1.54) is 0 Å². The number of ether oxygens (including phenoxy) is 2. The van der Waals surface area contributed by atoms with E-state index in [2.05, 4.69) is 26.0 Å². The van der Waals surface area contributed by atoms with Crippen LogP contribution in [0, 0.1) is 5.92 Å². The van der Waals surface area contributed by atoms with E-state index in [1.54, 1.807) is 20.8 Å². The number of amides is 3. The number of carbonyl (C=O) groups is 3. The summed E-state index contributed by atoms with van der Waals surface area (Å²) in [4.78, 5) is 36.8. The molecule has 3 amide bonds. The third-order valence-electron chi connectivity index (χ3n) is 4.56. The number of rotatable bonds is 7. The van der Waals surface area contributed by atoms with Crippen molar-refractivity contribution < 1.29 is 37.0 Å². The second kappa shape index (κ2) is 11.2. The average molecular weight is 474 g/mol. The number of carbonyl (C=O) groups excluding carboxylic acids is 3. The number of alkyl halides is 3. The van der Waals surface area contributed by atoms with Crippen molar-refractivity contribution in [2.45, 2.75) is 45.6 Å². The molecule has 0 bridgehead atoms. The molecule has 1 aliphatic rings. The van der Waals surface area contributed by atoms with Crippen LogP contribution in [-0.2, 0) is 9.53 Å². The smallest absolute Gasteiger partial charge is 0.444 e. The zero-order chi connectivity index (χ0) is 24.6. The van der Waals surface area contributed by atoms with Gasteiger partial charge in [0.2, 0.25) is 5.91 Å². The summed E-state index contributed by atoms with van der Waals surface area (Å²) in [6, 6.07) is 2.85. The normalized spacial score (nSPS) is 14.8. The van der Waals surface area contributed by atoms with Crippen LogP contribution in [0.3, 0.4) is 0 Å². The van der Waals surface area contributed by atoms with Gasteiger partial charge in [0, 0.05) is 6.54 Å². The fourth-order valence-corrected chi connectivity index (χ4v) is 3.09. The van der Waals surface area contributed by atoms with E-state index >= 15 is 0 Å². The van der Waals surface area contributed by atoms with Gasteiger partial charge in [-0.05, 0) is 70.8 Å². The van der Waals surface area contributed by atoms with E-state index in [-0.39, 0.29) is 17.8 Å². The highest BCUT2D eigenvalue weighted by molar-refractivity contribution is 6.04. The molecular formula is C21H29F3N4O5. The van der Waals surface area contributed by atoms with Gasteiger partial charge in [0.15, 0.2) is 0 Å². The quantitative estimate of drug-likeness (QED) is 0.483. The summed E-state index contributed by atoms with van der Waals surface area (Å²) in [6.45, 7) is 6.72. The lowest BCUT2D eigenvalue weighted by Crippen LogP contribution is -2.41. The van der Waals surface area contributed by atoms with Gasteiger partial charge in [-0.2, -0.15) is 0 Å². The fraction of sp³-hybridized carbons (Fsp3) is 0.571. The van der Waals surface area contributed by atoms with Crippen LogP contribution in [0.1, 0.15) is 44.0 Å². The lowest BCUT2D eigenvalue weighted by atomic mass is 9.98. The number of hydrogen-bond acceptors (Lipinski definition) is 6. The van der Waals surface area contributed by atoms with Crippen LogP contribution in [0.15, 0.2) is 18.2 Å². The molecule has 1 saturated heterocycles. The molecule has 2 rings (SSSR count). The van der Waals surface area contributed by atoms with Crippen molar-refractivity contribution in [2.24, 2.45) is 5.92 Å². The van der Waals surface area contributed by atoms with Crippen molar-refractivity contribution in [3.63, 3.8) is 0 Å². The molecule has 4 N–H and O–H groups in total. The van der Waals surface area contributed by atoms with E-state index in [1.807, 2.05) is 0 Å². The Bertz CT molecular complexity index is 849. The molecule has 0 radical (unpaired) electrons. The fourth-order valence-electron chi connectivity index (χ4n) is 3.09. The van der Waals surface area contributed by atoms with Crippen molar-refractivity contribution in [2.75, 3.05) is 31.5 Å². The van der Waals surface area contributed by atoms with Gasteiger partial charge < -0.3 is 25.4 Å². The van der Waals surface area contributed by atoms with Gasteiger partial charge in [-0.3, -0.25) is 14.9 Å². The molecule has 1 aliphatic heterocycles. The van der Waals surface area contributed by atoms with Gasteiger partial charge in [0.25, 0.3) is 5.91 Å². The molecule has 0 aliphatic carbocycles. The summed E-state index contributed by atoms with van der Waals surface area (Å²) < 4.78 is 46.7. The second-order valence-electron chi connectivity index (χ2n) is 8.56. The van der Waals surface area contributed by atoms with Gasteiger partial charge in [-0.15, -0.1) is 13.2 Å². The lowest BCUT2D eigenvalue weighted by molar-refractivity contribution is -0.274. The van der Waals surface area contributed by atoms with E-state index < -0.39 is 35.6 Å². The van der Waals surface area contributed by atoms with Crippen LogP contribution in [0.2, 0.25) is 0 Å². The summed E-state index contributed by atoms with van der Waals surface area (Å²) in [5.41, 5.74) is -1.27. The van der Waals surface area contributed by atoms with Crippen molar-refractivity contribution in [3.05, 3.63) is 23.8 Å². The minimum absolute atomic E-state index is 0.105. The van der Waals surface area contributed by atoms with Crippen LogP contribution < -0.4 is 26.0 Å². The summed E-state index contributed by atoms with van der Waals surface area (Å²) in [6.07, 6.45) is -4.01. The first-order valence-corrected chi connectivity index (χ1v) is 10.5. The standard InChI is InChI=1S/C21H29F3N4O5/c1-20(2,3)33-19(31)28-16-5-4-14(32-21(22,23)24)10-15(16)18(30)27-12-17(29)26-11-13-6-8-25-9-7-13/h4-5,10,13,25H,6-9,11-12H2,1-3H3,(H,26,29)(H,27,30)(H,28,31). The number of nitrogens with one attached hydrogen (secondary N) is 4. The molecule has 1 fully saturated rings. The van der Waals surface area contributed by atoms with E-state index in [0.29, 0.717) is 12.5 Å². The molecule has 1 heterocycles. The van der Waals surface area contributed by atoms with Crippen molar-refractivity contribution in [1.82, 2.24) is 16.0 Å². The minimum Gasteiger partial charge on any atom is -0.444 e. The van der Waals surface area contributed by atoms with Gasteiger partial charge in [0.1, 0.15) is 11.4 Å². The number of benzene rings is 1. The monoisotopic (exact) mass is 474 g/mol. The van der Waals surface area contributed by atoms with Crippen LogP contribution >= 0.6 is 0 Å². The minimum atomic E-state index is -4.97. The molecule has 33 heavy (non-hydrogen) atoms.